The molecule has 2 rings (SSSR count). The molecule has 1 atom stereocenters. The quantitative estimate of drug-likeness (QED) is 0.671. The van der Waals surface area contributed by atoms with E-state index in [4.69, 9.17) is 10.00 Å². The summed E-state index contributed by atoms with van der Waals surface area (Å²) in [6.07, 6.45) is -0.279. The molecule has 0 aliphatic rings. The first-order valence-corrected chi connectivity index (χ1v) is 9.30. The minimum absolute atomic E-state index is 0.0237. The fraction of sp³-hybridized carbons (Fsp3) is 0.273. The molecule has 8 heteroatoms. The second-order valence-electron chi connectivity index (χ2n) is 6.61. The number of likely N-dealkylation sites (N-methyl/N-ethyl adjacent to an activating group) is 1. The van der Waals surface area contributed by atoms with E-state index in [1.807, 2.05) is 0 Å². The van der Waals surface area contributed by atoms with Gasteiger partial charge in [-0.05, 0) is 41.8 Å². The molecule has 0 aliphatic heterocycles. The highest BCUT2D eigenvalue weighted by Gasteiger charge is 2.26. The van der Waals surface area contributed by atoms with E-state index in [1.54, 1.807) is 43.3 Å². The molecule has 0 aromatic heterocycles. The summed E-state index contributed by atoms with van der Waals surface area (Å²) < 4.78 is 18.1. The Hall–Kier alpha value is -3.73. The molecule has 7 nitrogen and oxygen atoms in total. The van der Waals surface area contributed by atoms with Gasteiger partial charge in [-0.3, -0.25) is 9.59 Å². The van der Waals surface area contributed by atoms with Crippen LogP contribution in [0.1, 0.15) is 24.5 Å². The van der Waals surface area contributed by atoms with Crippen LogP contribution >= 0.6 is 0 Å². The topological polar surface area (TPSA) is 99.5 Å². The molecule has 0 saturated carbocycles. The van der Waals surface area contributed by atoms with Gasteiger partial charge in [-0.1, -0.05) is 31.2 Å². The van der Waals surface area contributed by atoms with E-state index in [0.29, 0.717) is 23.2 Å². The molecule has 2 amide bonds. The van der Waals surface area contributed by atoms with Gasteiger partial charge >= 0.3 is 6.09 Å². The number of benzene rings is 2. The Bertz CT molecular complexity index is 936. The van der Waals surface area contributed by atoms with Gasteiger partial charge in [0.1, 0.15) is 24.5 Å². The van der Waals surface area contributed by atoms with Gasteiger partial charge in [0.15, 0.2) is 0 Å². The van der Waals surface area contributed by atoms with Gasteiger partial charge in [0, 0.05) is 12.7 Å². The van der Waals surface area contributed by atoms with Crippen LogP contribution in [0.5, 0.6) is 0 Å². The molecule has 1 N–H and O–H groups in total. The number of amides is 2. The molecule has 0 heterocycles. The third kappa shape index (κ3) is 6.41. The van der Waals surface area contributed by atoms with E-state index in [1.165, 1.54) is 25.2 Å². The molecule has 30 heavy (non-hydrogen) atoms. The fourth-order valence-electron chi connectivity index (χ4n) is 2.76. The van der Waals surface area contributed by atoms with Crippen molar-refractivity contribution in [1.82, 2.24) is 4.90 Å². The minimum Gasteiger partial charge on any atom is -0.445 e. The molecule has 2 aromatic rings. The van der Waals surface area contributed by atoms with Crippen LogP contribution in [0.2, 0.25) is 0 Å². The Labute approximate surface area is 174 Å². The van der Waals surface area contributed by atoms with Crippen LogP contribution in [0.25, 0.3) is 0 Å². The van der Waals surface area contributed by atoms with Crippen molar-refractivity contribution < 1.29 is 23.5 Å². The number of nitrogens with zero attached hydrogens (tertiary/aromatic N) is 2. The Morgan fingerprint density at radius 1 is 1.10 bits per heavy atom. The first-order valence-electron chi connectivity index (χ1n) is 9.30. The number of Topliss-reactive ketones (excluding diaryl/α,β-unsaturated/α-hetero) is 1. The Balaban J connectivity index is 1.86. The summed E-state index contributed by atoms with van der Waals surface area (Å²) in [6.45, 7) is 1.68. The van der Waals surface area contributed by atoms with E-state index in [9.17, 15) is 18.8 Å². The van der Waals surface area contributed by atoms with Crippen molar-refractivity contribution in [3.63, 3.8) is 0 Å². The number of rotatable bonds is 8. The van der Waals surface area contributed by atoms with Gasteiger partial charge < -0.3 is 15.0 Å². The Morgan fingerprint density at radius 2 is 1.70 bits per heavy atom. The number of nitriles is 1. The summed E-state index contributed by atoms with van der Waals surface area (Å²) in [7, 11) is 1.41. The highest BCUT2D eigenvalue weighted by Crippen LogP contribution is 2.13. The minimum atomic E-state index is -0.846. The average molecular weight is 411 g/mol. The second kappa shape index (κ2) is 10.7. The van der Waals surface area contributed by atoms with Crippen molar-refractivity contribution in [1.29, 1.82) is 5.26 Å². The van der Waals surface area contributed by atoms with Gasteiger partial charge in [0.2, 0.25) is 5.91 Å². The summed E-state index contributed by atoms with van der Waals surface area (Å²) in [5.74, 6) is -1.30. The normalized spacial score (nSPS) is 11.1. The van der Waals surface area contributed by atoms with Gasteiger partial charge in [0.05, 0.1) is 6.42 Å². The lowest BCUT2D eigenvalue weighted by atomic mass is 10.1. The van der Waals surface area contributed by atoms with E-state index in [2.05, 4.69) is 5.32 Å². The number of ketones is 1. The largest absolute Gasteiger partial charge is 0.445 e. The lowest BCUT2D eigenvalue weighted by Crippen LogP contribution is -2.41. The molecule has 156 valence electrons. The molecule has 0 saturated heterocycles. The molecule has 0 fully saturated rings. The third-order valence-corrected chi connectivity index (χ3v) is 4.43. The summed E-state index contributed by atoms with van der Waals surface area (Å²) in [5, 5.41) is 11.5. The zero-order valence-corrected chi connectivity index (χ0v) is 16.7. The van der Waals surface area contributed by atoms with E-state index in [-0.39, 0.29) is 24.8 Å². The summed E-state index contributed by atoms with van der Waals surface area (Å²) in [4.78, 5) is 36.9. The molecule has 0 radical (unpaired) electrons. The van der Waals surface area contributed by atoms with Gasteiger partial charge in [-0.15, -0.1) is 0 Å². The monoisotopic (exact) mass is 411 g/mol. The second-order valence-corrected chi connectivity index (χ2v) is 6.61. The SMILES string of the molecule is CC[C@H](C(=O)C#N)N(C)C(=O)OCc1ccc(NC(=O)Cc2ccc(F)cc2)cc1. The highest BCUT2D eigenvalue weighted by molar-refractivity contribution is 5.99. The Kier molecular flexibility index (Phi) is 8.06. The molecule has 2 aromatic carbocycles. The maximum atomic E-state index is 12.9. The number of ether oxygens (including phenoxy) is 1. The molecular formula is C22H22FN3O4. The predicted molar refractivity (Wildman–Crippen MR) is 108 cm³/mol. The van der Waals surface area contributed by atoms with Crippen molar-refractivity contribution in [2.75, 3.05) is 12.4 Å². The third-order valence-electron chi connectivity index (χ3n) is 4.43. The first kappa shape index (κ1) is 22.6. The maximum Gasteiger partial charge on any atom is 0.410 e. The summed E-state index contributed by atoms with van der Waals surface area (Å²) in [6, 6.07) is 13.1. The smallest absolute Gasteiger partial charge is 0.410 e. The van der Waals surface area contributed by atoms with Crippen LogP contribution in [0.4, 0.5) is 14.9 Å². The molecule has 0 bridgehead atoms. The van der Waals surface area contributed by atoms with Crippen LogP contribution < -0.4 is 5.32 Å². The van der Waals surface area contributed by atoms with E-state index in [0.717, 1.165) is 4.90 Å². The molecule has 0 unspecified atom stereocenters. The standard InChI is InChI=1S/C22H22FN3O4/c1-3-19(20(27)13-24)26(2)22(29)30-14-16-6-10-18(11-7-16)25-21(28)12-15-4-8-17(23)9-5-15/h4-11,19H,3,12,14H2,1-2H3,(H,25,28)/t19-/m1/s1. The average Bonchev–Trinajstić information content (AvgIpc) is 2.74. The zero-order chi connectivity index (χ0) is 22.1. The zero-order valence-electron chi connectivity index (χ0n) is 16.7. The van der Waals surface area contributed by atoms with Crippen LogP contribution in [-0.2, 0) is 27.4 Å². The van der Waals surface area contributed by atoms with Gasteiger partial charge in [0.25, 0.3) is 5.78 Å². The van der Waals surface area contributed by atoms with Crippen molar-refractivity contribution in [2.45, 2.75) is 32.4 Å². The van der Waals surface area contributed by atoms with Crippen molar-refractivity contribution >= 4 is 23.5 Å². The van der Waals surface area contributed by atoms with Crippen molar-refractivity contribution in [2.24, 2.45) is 0 Å². The highest BCUT2D eigenvalue weighted by atomic mass is 19.1. The fourth-order valence-corrected chi connectivity index (χ4v) is 2.76. The van der Waals surface area contributed by atoms with E-state index < -0.39 is 17.9 Å². The number of nitrogens with one attached hydrogen (secondary N) is 1. The maximum absolute atomic E-state index is 12.9. The van der Waals surface area contributed by atoms with Crippen molar-refractivity contribution in [3.05, 3.63) is 65.5 Å². The molecular weight excluding hydrogens is 389 g/mol. The van der Waals surface area contributed by atoms with E-state index >= 15 is 0 Å². The van der Waals surface area contributed by atoms with Crippen molar-refractivity contribution in [3.8, 4) is 6.07 Å². The number of hydrogen-bond donors (Lipinski definition) is 1. The van der Waals surface area contributed by atoms with Crippen LogP contribution in [0.15, 0.2) is 48.5 Å². The van der Waals surface area contributed by atoms with Crippen LogP contribution in [0, 0.1) is 17.1 Å². The first-order chi connectivity index (χ1) is 14.3. The van der Waals surface area contributed by atoms with Crippen LogP contribution in [-0.4, -0.2) is 35.8 Å². The predicted octanol–water partition coefficient (Wildman–Crippen LogP) is 3.45. The van der Waals surface area contributed by atoms with Gasteiger partial charge in [-0.25, -0.2) is 9.18 Å². The summed E-state index contributed by atoms with van der Waals surface area (Å²) in [5.41, 5.74) is 1.95. The summed E-state index contributed by atoms with van der Waals surface area (Å²) >= 11 is 0. The van der Waals surface area contributed by atoms with Gasteiger partial charge in [-0.2, -0.15) is 5.26 Å². The number of hydrogen-bond acceptors (Lipinski definition) is 5. The number of halogens is 1. The van der Waals surface area contributed by atoms with Crippen LogP contribution in [0.3, 0.4) is 0 Å². The number of carbonyl (C=O) groups excluding carboxylic acids is 3. The lowest BCUT2D eigenvalue weighted by Gasteiger charge is -2.23. The molecule has 0 spiro atoms. The Morgan fingerprint density at radius 3 is 2.27 bits per heavy atom. The lowest BCUT2D eigenvalue weighted by molar-refractivity contribution is -0.118. The number of carbonyl (C=O) groups is 3. The number of anilines is 1. The molecule has 0 aliphatic carbocycles.